The van der Waals surface area contributed by atoms with Gasteiger partial charge in [0.2, 0.25) is 11.9 Å². The molecule has 3 rings (SSSR count). The zero-order valence-corrected chi connectivity index (χ0v) is 19.7. The summed E-state index contributed by atoms with van der Waals surface area (Å²) in [5.41, 5.74) is 3.13. The topological polar surface area (TPSA) is 108 Å². The molecule has 0 saturated heterocycles. The molecule has 9 nitrogen and oxygen atoms in total. The van der Waals surface area contributed by atoms with Gasteiger partial charge in [0.25, 0.3) is 0 Å². The Bertz CT molecular complexity index is 1090. The highest BCUT2D eigenvalue weighted by atomic mass is 16.5. The molecule has 178 valence electrons. The van der Waals surface area contributed by atoms with Crippen LogP contribution in [0, 0.1) is 6.92 Å². The summed E-state index contributed by atoms with van der Waals surface area (Å²) in [6.45, 7) is 7.78. The summed E-state index contributed by atoms with van der Waals surface area (Å²) in [6.07, 6.45) is -0.652. The lowest BCUT2D eigenvalue weighted by Crippen LogP contribution is -2.33. The number of aryl methyl sites for hydroxylation is 1. The van der Waals surface area contributed by atoms with E-state index in [1.807, 2.05) is 55.5 Å². The van der Waals surface area contributed by atoms with E-state index in [0.717, 1.165) is 35.9 Å². The van der Waals surface area contributed by atoms with Gasteiger partial charge in [0, 0.05) is 36.2 Å². The molecule has 3 aromatic rings. The van der Waals surface area contributed by atoms with Crippen LogP contribution < -0.4 is 20.9 Å². The molecule has 1 aromatic heterocycles. The predicted octanol–water partition coefficient (Wildman–Crippen LogP) is 4.24. The van der Waals surface area contributed by atoms with Gasteiger partial charge in [0.05, 0.1) is 0 Å². The van der Waals surface area contributed by atoms with Gasteiger partial charge < -0.3 is 25.6 Å². The molecule has 34 heavy (non-hydrogen) atoms. The van der Waals surface area contributed by atoms with Gasteiger partial charge in [-0.1, -0.05) is 30.3 Å². The Labute approximate surface area is 199 Å². The van der Waals surface area contributed by atoms with E-state index in [9.17, 15) is 9.59 Å². The lowest BCUT2D eigenvalue weighted by molar-refractivity contribution is -0.115. The van der Waals surface area contributed by atoms with Gasteiger partial charge in [0.15, 0.2) is 0 Å². The average Bonchev–Trinajstić information content (AvgIpc) is 2.84. The lowest BCUT2D eigenvalue weighted by Gasteiger charge is -2.20. The van der Waals surface area contributed by atoms with Crippen molar-refractivity contribution in [3.8, 4) is 0 Å². The molecular weight excluding hydrogens is 432 g/mol. The van der Waals surface area contributed by atoms with Crippen molar-refractivity contribution in [2.45, 2.75) is 27.4 Å². The van der Waals surface area contributed by atoms with Crippen molar-refractivity contribution in [1.29, 1.82) is 0 Å². The number of anilines is 4. The molecule has 0 aliphatic rings. The fraction of sp³-hybridized carbons (Fsp3) is 0.280. The van der Waals surface area contributed by atoms with Crippen LogP contribution in [0.2, 0.25) is 0 Å². The standard InChI is InChI=1S/C25H30N6O3/c1-4-31(5-2)22-15-18(3)27-24(30-22)29-21-13-11-20(12-14-21)28-23(32)16-26-25(33)34-17-19-9-7-6-8-10-19/h6-15H,4-5,16-17H2,1-3H3,(H,26,33)(H,28,32)(H,27,29,30). The molecule has 0 aliphatic heterocycles. The molecule has 0 radical (unpaired) electrons. The predicted molar refractivity (Wildman–Crippen MR) is 133 cm³/mol. The van der Waals surface area contributed by atoms with Crippen LogP contribution in [0.5, 0.6) is 0 Å². The number of rotatable bonds is 10. The molecule has 0 fully saturated rings. The first-order valence-corrected chi connectivity index (χ1v) is 11.2. The number of alkyl carbamates (subject to hydrolysis) is 1. The van der Waals surface area contributed by atoms with Crippen molar-refractivity contribution in [3.05, 3.63) is 71.9 Å². The molecule has 0 spiro atoms. The minimum absolute atomic E-state index is 0.143. The monoisotopic (exact) mass is 462 g/mol. The zero-order valence-electron chi connectivity index (χ0n) is 19.7. The van der Waals surface area contributed by atoms with Crippen molar-refractivity contribution < 1.29 is 14.3 Å². The molecule has 0 saturated carbocycles. The van der Waals surface area contributed by atoms with Gasteiger partial charge in [0.1, 0.15) is 19.0 Å². The van der Waals surface area contributed by atoms with Gasteiger partial charge in [-0.25, -0.2) is 9.78 Å². The fourth-order valence-corrected chi connectivity index (χ4v) is 3.22. The fourth-order valence-electron chi connectivity index (χ4n) is 3.22. The van der Waals surface area contributed by atoms with E-state index in [4.69, 9.17) is 4.74 Å². The highest BCUT2D eigenvalue weighted by Crippen LogP contribution is 2.20. The molecule has 2 amide bonds. The maximum Gasteiger partial charge on any atom is 0.407 e. The molecule has 0 bridgehead atoms. The van der Waals surface area contributed by atoms with E-state index in [1.165, 1.54) is 0 Å². The highest BCUT2D eigenvalue weighted by Gasteiger charge is 2.09. The number of aromatic nitrogens is 2. The lowest BCUT2D eigenvalue weighted by atomic mass is 10.2. The minimum Gasteiger partial charge on any atom is -0.445 e. The first-order valence-electron chi connectivity index (χ1n) is 11.2. The summed E-state index contributed by atoms with van der Waals surface area (Å²) in [5.74, 6) is 1.03. The van der Waals surface area contributed by atoms with Crippen molar-refractivity contribution in [2.75, 3.05) is 35.2 Å². The first kappa shape index (κ1) is 24.5. The van der Waals surface area contributed by atoms with Crippen LogP contribution in [0.15, 0.2) is 60.7 Å². The number of carbonyl (C=O) groups excluding carboxylic acids is 2. The first-order chi connectivity index (χ1) is 16.5. The van der Waals surface area contributed by atoms with Gasteiger partial charge in [-0.05, 0) is 50.6 Å². The van der Waals surface area contributed by atoms with E-state index in [0.29, 0.717) is 11.6 Å². The number of hydrogen-bond donors (Lipinski definition) is 3. The molecule has 2 aromatic carbocycles. The number of hydrogen-bond acceptors (Lipinski definition) is 7. The summed E-state index contributed by atoms with van der Waals surface area (Å²) in [5, 5.41) is 8.38. The molecule has 0 atom stereocenters. The van der Waals surface area contributed by atoms with Crippen LogP contribution in [0.3, 0.4) is 0 Å². The van der Waals surface area contributed by atoms with Crippen LogP contribution in [0.1, 0.15) is 25.1 Å². The summed E-state index contributed by atoms with van der Waals surface area (Å²) in [7, 11) is 0. The third kappa shape index (κ3) is 7.47. The Morgan fingerprint density at radius 2 is 1.62 bits per heavy atom. The number of benzene rings is 2. The van der Waals surface area contributed by atoms with Gasteiger partial charge in [-0.2, -0.15) is 4.98 Å². The van der Waals surface area contributed by atoms with E-state index >= 15 is 0 Å². The van der Waals surface area contributed by atoms with Crippen LogP contribution >= 0.6 is 0 Å². The summed E-state index contributed by atoms with van der Waals surface area (Å²) >= 11 is 0. The highest BCUT2D eigenvalue weighted by molar-refractivity contribution is 5.94. The number of nitrogens with zero attached hydrogens (tertiary/aromatic N) is 3. The maximum absolute atomic E-state index is 12.1. The van der Waals surface area contributed by atoms with E-state index < -0.39 is 6.09 Å². The SMILES string of the molecule is CCN(CC)c1cc(C)nc(Nc2ccc(NC(=O)CNC(=O)OCc3ccccc3)cc2)n1. The van der Waals surface area contributed by atoms with Crippen molar-refractivity contribution >= 4 is 35.1 Å². The number of carbonyl (C=O) groups is 2. The maximum atomic E-state index is 12.1. The number of ether oxygens (including phenoxy) is 1. The van der Waals surface area contributed by atoms with Crippen molar-refractivity contribution in [3.63, 3.8) is 0 Å². The Balaban J connectivity index is 1.48. The van der Waals surface area contributed by atoms with Crippen LogP contribution in [0.4, 0.5) is 27.9 Å². The Hall–Kier alpha value is -4.14. The van der Waals surface area contributed by atoms with Crippen LogP contribution in [0.25, 0.3) is 0 Å². The van der Waals surface area contributed by atoms with Gasteiger partial charge >= 0.3 is 6.09 Å². The molecule has 9 heteroatoms. The van der Waals surface area contributed by atoms with E-state index in [-0.39, 0.29) is 19.1 Å². The molecule has 3 N–H and O–H groups in total. The van der Waals surface area contributed by atoms with Crippen LogP contribution in [-0.4, -0.2) is 41.6 Å². The quantitative estimate of drug-likeness (QED) is 0.413. The van der Waals surface area contributed by atoms with Crippen LogP contribution in [-0.2, 0) is 16.1 Å². The largest absolute Gasteiger partial charge is 0.445 e. The third-order valence-corrected chi connectivity index (χ3v) is 4.96. The van der Waals surface area contributed by atoms with E-state index in [2.05, 4.69) is 44.7 Å². The third-order valence-electron chi connectivity index (χ3n) is 4.96. The molecule has 0 aliphatic carbocycles. The molecule has 1 heterocycles. The summed E-state index contributed by atoms with van der Waals surface area (Å²) in [4.78, 5) is 35.1. The zero-order chi connectivity index (χ0) is 24.3. The van der Waals surface area contributed by atoms with Crippen molar-refractivity contribution in [1.82, 2.24) is 15.3 Å². The average molecular weight is 463 g/mol. The normalized spacial score (nSPS) is 10.3. The second kappa shape index (κ2) is 12.2. The second-order valence-electron chi connectivity index (χ2n) is 7.53. The second-order valence-corrected chi connectivity index (χ2v) is 7.53. The Kier molecular flexibility index (Phi) is 8.79. The number of nitrogens with one attached hydrogen (secondary N) is 3. The molecular formula is C25H30N6O3. The van der Waals surface area contributed by atoms with Crippen molar-refractivity contribution in [2.24, 2.45) is 0 Å². The Morgan fingerprint density at radius 1 is 0.941 bits per heavy atom. The van der Waals surface area contributed by atoms with Gasteiger partial charge in [-0.15, -0.1) is 0 Å². The smallest absolute Gasteiger partial charge is 0.407 e. The Morgan fingerprint density at radius 3 is 2.29 bits per heavy atom. The van der Waals surface area contributed by atoms with E-state index in [1.54, 1.807) is 12.1 Å². The minimum atomic E-state index is -0.652. The summed E-state index contributed by atoms with van der Waals surface area (Å²) < 4.78 is 5.09. The summed E-state index contributed by atoms with van der Waals surface area (Å²) in [6, 6.07) is 18.4. The van der Waals surface area contributed by atoms with Gasteiger partial charge in [-0.3, -0.25) is 4.79 Å². The molecule has 0 unspecified atom stereocenters. The number of amides is 2.